The Morgan fingerprint density at radius 2 is 2.10 bits per heavy atom. The summed E-state index contributed by atoms with van der Waals surface area (Å²) in [6, 6.07) is 1.91. The van der Waals surface area contributed by atoms with Crippen molar-refractivity contribution in [1.82, 2.24) is 20.2 Å². The third-order valence-corrected chi connectivity index (χ3v) is 2.87. The van der Waals surface area contributed by atoms with Crippen LogP contribution in [0.5, 0.6) is 0 Å². The lowest BCUT2D eigenvalue weighted by molar-refractivity contribution is 0.143. The highest BCUT2D eigenvalue weighted by molar-refractivity contribution is 5.95. The average molecular weight is 266 g/mol. The minimum absolute atomic E-state index is 0.629. The molecule has 0 aliphatic rings. The molecule has 0 bridgehead atoms. The summed E-state index contributed by atoms with van der Waals surface area (Å²) in [4.78, 5) is 7.44. The zero-order valence-electron chi connectivity index (χ0n) is 11.2. The molecule has 0 aliphatic heterocycles. The molecule has 0 aliphatic carbocycles. The van der Waals surface area contributed by atoms with Crippen molar-refractivity contribution in [2.24, 2.45) is 0 Å². The van der Waals surface area contributed by atoms with Crippen LogP contribution in [-0.4, -0.2) is 30.9 Å². The van der Waals surface area contributed by atoms with Gasteiger partial charge in [-0.15, -0.1) is 0 Å². The highest BCUT2D eigenvalue weighted by Crippen LogP contribution is 2.27. The van der Waals surface area contributed by atoms with Gasteiger partial charge in [0.05, 0.1) is 17.9 Å². The average Bonchev–Trinajstić information content (AvgIpc) is 3.03. The topological polar surface area (TPSA) is 77.6 Å². The molecule has 3 heterocycles. The smallest absolute Gasteiger partial charge is 0.120 e. The molecule has 0 radical (unpaired) electrons. The Labute approximate surface area is 116 Å². The summed E-state index contributed by atoms with van der Waals surface area (Å²) in [5, 5.41) is 17.4. The highest BCUT2D eigenvalue weighted by Gasteiger charge is 2.09. The number of aliphatic hydroxyl groups is 1. The SMILES string of the molecule is CC(C)(O)C#Cc1cc2c(-c3cn[nH]c3)c[nH]c2cn1. The summed E-state index contributed by atoms with van der Waals surface area (Å²) in [6.07, 6.45) is 7.27. The molecule has 0 spiro atoms. The van der Waals surface area contributed by atoms with Crippen LogP contribution in [0.15, 0.2) is 30.9 Å². The van der Waals surface area contributed by atoms with Crippen LogP contribution < -0.4 is 0 Å². The third-order valence-electron chi connectivity index (χ3n) is 2.87. The first kappa shape index (κ1) is 12.5. The van der Waals surface area contributed by atoms with Crippen molar-refractivity contribution in [3.05, 3.63) is 36.5 Å². The van der Waals surface area contributed by atoms with E-state index in [1.165, 1.54) is 0 Å². The number of hydrogen-bond acceptors (Lipinski definition) is 3. The number of rotatable bonds is 1. The van der Waals surface area contributed by atoms with Crippen molar-refractivity contribution in [1.29, 1.82) is 0 Å². The van der Waals surface area contributed by atoms with Crippen LogP contribution in [0, 0.1) is 11.8 Å². The lowest BCUT2D eigenvalue weighted by Crippen LogP contribution is -2.14. The van der Waals surface area contributed by atoms with Gasteiger partial charge in [0.2, 0.25) is 0 Å². The van der Waals surface area contributed by atoms with Crippen molar-refractivity contribution in [2.45, 2.75) is 19.4 Å². The van der Waals surface area contributed by atoms with E-state index in [0.29, 0.717) is 5.69 Å². The van der Waals surface area contributed by atoms with E-state index in [2.05, 4.69) is 32.0 Å². The normalized spacial score (nSPS) is 11.3. The molecule has 0 atom stereocenters. The number of aromatic nitrogens is 4. The van der Waals surface area contributed by atoms with Crippen molar-refractivity contribution in [2.75, 3.05) is 0 Å². The largest absolute Gasteiger partial charge is 0.378 e. The molecule has 3 aromatic heterocycles. The second kappa shape index (κ2) is 4.51. The first-order valence-corrected chi connectivity index (χ1v) is 6.25. The Kier molecular flexibility index (Phi) is 2.81. The van der Waals surface area contributed by atoms with Crippen LogP contribution in [0.3, 0.4) is 0 Å². The predicted molar refractivity (Wildman–Crippen MR) is 76.9 cm³/mol. The van der Waals surface area contributed by atoms with Crippen LogP contribution in [0.2, 0.25) is 0 Å². The standard InChI is InChI=1S/C15H14N4O/c1-15(2,20)4-3-11-5-12-13(10-6-18-19-7-10)8-17-14(12)9-16-11/h5-9,17,20H,1-2H3,(H,18,19). The van der Waals surface area contributed by atoms with Crippen LogP contribution in [-0.2, 0) is 0 Å². The predicted octanol–water partition coefficient (Wildman–Crippen LogP) is 2.08. The van der Waals surface area contributed by atoms with E-state index in [-0.39, 0.29) is 0 Å². The van der Waals surface area contributed by atoms with E-state index in [4.69, 9.17) is 0 Å². The van der Waals surface area contributed by atoms with Gasteiger partial charge < -0.3 is 10.1 Å². The third kappa shape index (κ3) is 2.42. The molecule has 0 fully saturated rings. The number of H-pyrrole nitrogens is 2. The number of nitrogens with zero attached hydrogens (tertiary/aromatic N) is 2. The summed E-state index contributed by atoms with van der Waals surface area (Å²) < 4.78 is 0. The number of nitrogens with one attached hydrogen (secondary N) is 2. The molecular formula is C15H14N4O. The first-order valence-electron chi connectivity index (χ1n) is 6.25. The van der Waals surface area contributed by atoms with E-state index in [1.807, 2.05) is 18.5 Å². The van der Waals surface area contributed by atoms with E-state index in [1.54, 1.807) is 26.2 Å². The molecule has 0 amide bonds. The summed E-state index contributed by atoms with van der Waals surface area (Å²) in [5.41, 5.74) is 2.59. The molecule has 0 unspecified atom stereocenters. The number of fused-ring (bicyclic) bond motifs is 1. The summed E-state index contributed by atoms with van der Waals surface area (Å²) in [7, 11) is 0. The molecule has 5 nitrogen and oxygen atoms in total. The number of aromatic amines is 2. The fourth-order valence-electron chi connectivity index (χ4n) is 1.94. The Morgan fingerprint density at radius 1 is 1.25 bits per heavy atom. The molecule has 0 saturated heterocycles. The van der Waals surface area contributed by atoms with Crippen LogP contribution >= 0.6 is 0 Å². The van der Waals surface area contributed by atoms with Gasteiger partial charge in [-0.1, -0.05) is 5.92 Å². The molecule has 3 rings (SSSR count). The fraction of sp³-hybridized carbons (Fsp3) is 0.200. The quantitative estimate of drug-likeness (QED) is 0.590. The minimum Gasteiger partial charge on any atom is -0.378 e. The second-order valence-electron chi connectivity index (χ2n) is 5.11. The summed E-state index contributed by atoms with van der Waals surface area (Å²) >= 11 is 0. The zero-order valence-corrected chi connectivity index (χ0v) is 11.2. The van der Waals surface area contributed by atoms with Gasteiger partial charge in [0.15, 0.2) is 0 Å². The monoisotopic (exact) mass is 266 g/mol. The Balaban J connectivity index is 2.10. The van der Waals surface area contributed by atoms with E-state index in [0.717, 1.165) is 22.0 Å². The maximum Gasteiger partial charge on any atom is 0.120 e. The van der Waals surface area contributed by atoms with Gasteiger partial charge in [-0.2, -0.15) is 5.10 Å². The molecule has 100 valence electrons. The van der Waals surface area contributed by atoms with Gasteiger partial charge in [-0.3, -0.25) is 5.10 Å². The van der Waals surface area contributed by atoms with E-state index >= 15 is 0 Å². The molecule has 5 heteroatoms. The lowest BCUT2D eigenvalue weighted by Gasteiger charge is -2.05. The maximum atomic E-state index is 9.64. The first-order chi connectivity index (χ1) is 9.53. The van der Waals surface area contributed by atoms with Crippen LogP contribution in [0.25, 0.3) is 22.0 Å². The molecular weight excluding hydrogens is 252 g/mol. The minimum atomic E-state index is -1.03. The van der Waals surface area contributed by atoms with E-state index < -0.39 is 5.60 Å². The molecule has 3 N–H and O–H groups in total. The number of pyridine rings is 1. The Bertz CT molecular complexity index is 798. The molecule has 0 aromatic carbocycles. The van der Waals surface area contributed by atoms with Crippen molar-refractivity contribution in [3.63, 3.8) is 0 Å². The van der Waals surface area contributed by atoms with Crippen LogP contribution in [0.1, 0.15) is 19.5 Å². The molecule has 20 heavy (non-hydrogen) atoms. The zero-order chi connectivity index (χ0) is 14.2. The summed E-state index contributed by atoms with van der Waals surface area (Å²) in [6.45, 7) is 3.29. The van der Waals surface area contributed by atoms with Crippen LogP contribution in [0.4, 0.5) is 0 Å². The van der Waals surface area contributed by atoms with Crippen molar-refractivity contribution < 1.29 is 5.11 Å². The van der Waals surface area contributed by atoms with Gasteiger partial charge in [-0.05, 0) is 25.8 Å². The summed E-state index contributed by atoms with van der Waals surface area (Å²) in [5.74, 6) is 5.65. The fourth-order valence-corrected chi connectivity index (χ4v) is 1.94. The van der Waals surface area contributed by atoms with Gasteiger partial charge in [0.1, 0.15) is 11.3 Å². The van der Waals surface area contributed by atoms with Gasteiger partial charge in [0, 0.05) is 28.9 Å². The number of hydrogen-bond donors (Lipinski definition) is 3. The van der Waals surface area contributed by atoms with Gasteiger partial charge in [0.25, 0.3) is 0 Å². The van der Waals surface area contributed by atoms with Crippen molar-refractivity contribution in [3.8, 4) is 23.0 Å². The van der Waals surface area contributed by atoms with Gasteiger partial charge >= 0.3 is 0 Å². The van der Waals surface area contributed by atoms with Gasteiger partial charge in [-0.25, -0.2) is 4.98 Å². The Hall–Kier alpha value is -2.58. The second-order valence-corrected chi connectivity index (χ2v) is 5.11. The Morgan fingerprint density at radius 3 is 2.80 bits per heavy atom. The van der Waals surface area contributed by atoms with E-state index in [9.17, 15) is 5.11 Å². The lowest BCUT2D eigenvalue weighted by atomic mass is 10.1. The molecule has 3 aromatic rings. The maximum absolute atomic E-state index is 9.64. The van der Waals surface area contributed by atoms with Crippen molar-refractivity contribution >= 4 is 10.9 Å². The highest BCUT2D eigenvalue weighted by atomic mass is 16.3. The molecule has 0 saturated carbocycles.